The fraction of sp³-hybridized carbons (Fsp3) is 0.0667. The number of thiophene rings is 1. The van der Waals surface area contributed by atoms with Crippen LogP contribution in [0, 0.1) is 10.1 Å². The van der Waals surface area contributed by atoms with E-state index in [9.17, 15) is 14.9 Å². The van der Waals surface area contributed by atoms with Crippen LogP contribution < -0.4 is 5.56 Å². The van der Waals surface area contributed by atoms with Gasteiger partial charge in [-0.25, -0.2) is 4.68 Å². The molecule has 0 amide bonds. The fourth-order valence-electron chi connectivity index (χ4n) is 2.01. The molecule has 7 heteroatoms. The predicted octanol–water partition coefficient (Wildman–Crippen LogP) is 2.93. The van der Waals surface area contributed by atoms with E-state index in [1.165, 1.54) is 22.9 Å². The Labute approximate surface area is 129 Å². The van der Waals surface area contributed by atoms with Crippen LogP contribution in [0.3, 0.4) is 0 Å². The lowest BCUT2D eigenvalue weighted by Crippen LogP contribution is -2.22. The van der Waals surface area contributed by atoms with Crippen molar-refractivity contribution in [3.05, 3.63) is 79.9 Å². The first-order valence-electron chi connectivity index (χ1n) is 6.49. The molecule has 110 valence electrons. The first-order chi connectivity index (χ1) is 10.6. The lowest BCUT2D eigenvalue weighted by molar-refractivity contribution is -0.384. The van der Waals surface area contributed by atoms with Gasteiger partial charge in [0.25, 0.3) is 11.2 Å². The van der Waals surface area contributed by atoms with E-state index >= 15 is 0 Å². The second-order valence-electron chi connectivity index (χ2n) is 4.62. The lowest BCUT2D eigenvalue weighted by Gasteiger charge is -2.06. The Morgan fingerprint density at radius 3 is 2.55 bits per heavy atom. The first kappa shape index (κ1) is 14.2. The topological polar surface area (TPSA) is 78.0 Å². The molecule has 6 nitrogen and oxygen atoms in total. The molecule has 0 fully saturated rings. The highest BCUT2D eigenvalue weighted by atomic mass is 32.1. The van der Waals surface area contributed by atoms with Crippen molar-refractivity contribution in [3.8, 4) is 10.6 Å². The molecule has 3 rings (SSSR count). The SMILES string of the molecule is O=c1ccc(-c2cccs2)nn1Cc1ccc([N+](=O)[O-])cc1. The molecular formula is C15H11N3O3S. The quantitative estimate of drug-likeness (QED) is 0.548. The molecular weight excluding hydrogens is 302 g/mol. The Morgan fingerprint density at radius 2 is 1.91 bits per heavy atom. The number of nitro benzene ring substituents is 1. The van der Waals surface area contributed by atoms with Gasteiger partial charge in [0.1, 0.15) is 5.69 Å². The van der Waals surface area contributed by atoms with Gasteiger partial charge < -0.3 is 0 Å². The van der Waals surface area contributed by atoms with Crippen molar-refractivity contribution in [3.63, 3.8) is 0 Å². The Hall–Kier alpha value is -2.80. The minimum absolute atomic E-state index is 0.0244. The fourth-order valence-corrected chi connectivity index (χ4v) is 2.70. The molecule has 3 aromatic rings. The van der Waals surface area contributed by atoms with Gasteiger partial charge in [-0.3, -0.25) is 14.9 Å². The monoisotopic (exact) mass is 313 g/mol. The van der Waals surface area contributed by atoms with Crippen LogP contribution in [0.5, 0.6) is 0 Å². The van der Waals surface area contributed by atoms with E-state index in [1.807, 2.05) is 17.5 Å². The highest BCUT2D eigenvalue weighted by Crippen LogP contribution is 2.21. The molecule has 0 aliphatic heterocycles. The van der Waals surface area contributed by atoms with E-state index in [4.69, 9.17) is 0 Å². The minimum atomic E-state index is -0.453. The number of rotatable bonds is 4. The van der Waals surface area contributed by atoms with Crippen LogP contribution in [-0.2, 0) is 6.54 Å². The van der Waals surface area contributed by atoms with Gasteiger partial charge in [0.2, 0.25) is 0 Å². The number of hydrogen-bond acceptors (Lipinski definition) is 5. The number of nitrogens with zero attached hydrogens (tertiary/aromatic N) is 3. The summed E-state index contributed by atoms with van der Waals surface area (Å²) in [6.07, 6.45) is 0. The molecule has 0 aliphatic rings. The number of benzene rings is 1. The summed E-state index contributed by atoms with van der Waals surface area (Å²) in [5.74, 6) is 0. The van der Waals surface area contributed by atoms with Crippen LogP contribution in [-0.4, -0.2) is 14.7 Å². The van der Waals surface area contributed by atoms with Gasteiger partial charge in [-0.05, 0) is 23.1 Å². The predicted molar refractivity (Wildman–Crippen MR) is 84.0 cm³/mol. The number of non-ortho nitro benzene ring substituents is 1. The van der Waals surface area contributed by atoms with E-state index in [0.29, 0.717) is 0 Å². The highest BCUT2D eigenvalue weighted by Gasteiger charge is 2.07. The Morgan fingerprint density at radius 1 is 1.14 bits per heavy atom. The summed E-state index contributed by atoms with van der Waals surface area (Å²) in [6, 6.07) is 13.1. The normalized spacial score (nSPS) is 10.5. The van der Waals surface area contributed by atoms with E-state index in [2.05, 4.69) is 5.10 Å². The second kappa shape index (κ2) is 5.90. The summed E-state index contributed by atoms with van der Waals surface area (Å²) in [6.45, 7) is 0.274. The summed E-state index contributed by atoms with van der Waals surface area (Å²) in [7, 11) is 0. The zero-order chi connectivity index (χ0) is 15.5. The van der Waals surface area contributed by atoms with Gasteiger partial charge in [-0.15, -0.1) is 11.3 Å². The van der Waals surface area contributed by atoms with E-state index < -0.39 is 4.92 Å². The smallest absolute Gasteiger partial charge is 0.268 e. The molecule has 2 aromatic heterocycles. The number of hydrogen-bond donors (Lipinski definition) is 0. The number of nitro groups is 1. The van der Waals surface area contributed by atoms with Crippen LogP contribution in [0.15, 0.2) is 58.7 Å². The average Bonchev–Trinajstić information content (AvgIpc) is 3.04. The zero-order valence-corrected chi connectivity index (χ0v) is 12.2. The van der Waals surface area contributed by atoms with Crippen LogP contribution in [0.25, 0.3) is 10.6 Å². The van der Waals surface area contributed by atoms with Gasteiger partial charge in [0.15, 0.2) is 0 Å². The Kier molecular flexibility index (Phi) is 3.80. The standard InChI is InChI=1S/C15H11N3O3S/c19-15-8-7-13(14-2-1-9-22-14)16-17(15)10-11-3-5-12(6-4-11)18(20)21/h1-9H,10H2. The molecule has 0 unspecified atom stereocenters. The molecule has 0 aliphatic carbocycles. The highest BCUT2D eigenvalue weighted by molar-refractivity contribution is 7.13. The van der Waals surface area contributed by atoms with Crippen molar-refractivity contribution in [2.24, 2.45) is 0 Å². The summed E-state index contributed by atoms with van der Waals surface area (Å²) < 4.78 is 1.36. The maximum absolute atomic E-state index is 11.9. The molecule has 1 aromatic carbocycles. The summed E-state index contributed by atoms with van der Waals surface area (Å²) >= 11 is 1.55. The van der Waals surface area contributed by atoms with Gasteiger partial charge >= 0.3 is 0 Å². The van der Waals surface area contributed by atoms with Gasteiger partial charge in [0, 0.05) is 18.2 Å². The maximum atomic E-state index is 11.9. The third kappa shape index (κ3) is 2.94. The molecule has 0 saturated carbocycles. The third-order valence-corrected chi connectivity index (χ3v) is 4.01. The molecule has 0 atom stereocenters. The van der Waals surface area contributed by atoms with Crippen molar-refractivity contribution in [2.75, 3.05) is 0 Å². The molecule has 0 N–H and O–H groups in total. The van der Waals surface area contributed by atoms with Crippen LogP contribution >= 0.6 is 11.3 Å². The molecule has 0 bridgehead atoms. The van der Waals surface area contributed by atoms with Gasteiger partial charge in [-0.2, -0.15) is 5.10 Å². The van der Waals surface area contributed by atoms with E-state index in [1.54, 1.807) is 29.5 Å². The van der Waals surface area contributed by atoms with Crippen LogP contribution in [0.2, 0.25) is 0 Å². The molecule has 0 spiro atoms. The first-order valence-corrected chi connectivity index (χ1v) is 7.37. The van der Waals surface area contributed by atoms with E-state index in [0.717, 1.165) is 16.1 Å². The van der Waals surface area contributed by atoms with Crippen LogP contribution in [0.1, 0.15) is 5.56 Å². The van der Waals surface area contributed by atoms with Crippen molar-refractivity contribution in [1.29, 1.82) is 0 Å². The summed E-state index contributed by atoms with van der Waals surface area (Å²) in [5.41, 5.74) is 1.33. The molecule has 0 radical (unpaired) electrons. The van der Waals surface area contributed by atoms with Crippen molar-refractivity contribution >= 4 is 17.0 Å². The summed E-state index contributed by atoms with van der Waals surface area (Å²) in [5, 5.41) is 16.9. The Bertz CT molecular complexity index is 854. The third-order valence-electron chi connectivity index (χ3n) is 3.12. The number of aromatic nitrogens is 2. The maximum Gasteiger partial charge on any atom is 0.269 e. The second-order valence-corrected chi connectivity index (χ2v) is 5.56. The van der Waals surface area contributed by atoms with Crippen molar-refractivity contribution in [1.82, 2.24) is 9.78 Å². The van der Waals surface area contributed by atoms with Gasteiger partial charge in [-0.1, -0.05) is 18.2 Å². The van der Waals surface area contributed by atoms with Crippen molar-refractivity contribution < 1.29 is 4.92 Å². The molecule has 2 heterocycles. The average molecular weight is 313 g/mol. The molecule has 0 saturated heterocycles. The van der Waals surface area contributed by atoms with Gasteiger partial charge in [0.05, 0.1) is 16.3 Å². The van der Waals surface area contributed by atoms with Crippen molar-refractivity contribution in [2.45, 2.75) is 6.54 Å². The Balaban J connectivity index is 1.90. The minimum Gasteiger partial charge on any atom is -0.268 e. The largest absolute Gasteiger partial charge is 0.269 e. The van der Waals surface area contributed by atoms with Crippen LogP contribution in [0.4, 0.5) is 5.69 Å². The van der Waals surface area contributed by atoms with E-state index in [-0.39, 0.29) is 17.8 Å². The lowest BCUT2D eigenvalue weighted by atomic mass is 10.2. The summed E-state index contributed by atoms with van der Waals surface area (Å²) in [4.78, 5) is 23.1. The zero-order valence-electron chi connectivity index (χ0n) is 11.4. The molecule has 22 heavy (non-hydrogen) atoms.